The lowest BCUT2D eigenvalue weighted by Gasteiger charge is -2.31. The fraction of sp³-hybridized carbons (Fsp3) is 0.636. The molecule has 0 atom stereocenters. The summed E-state index contributed by atoms with van der Waals surface area (Å²) in [6.45, 7) is 3.67. The number of rotatable bonds is 5. The van der Waals surface area contributed by atoms with E-state index >= 15 is 0 Å². The van der Waals surface area contributed by atoms with Gasteiger partial charge in [0.15, 0.2) is 0 Å². The van der Waals surface area contributed by atoms with Gasteiger partial charge >= 0.3 is 0 Å². The second kappa shape index (κ2) is 8.42. The van der Waals surface area contributed by atoms with Crippen molar-refractivity contribution in [2.24, 2.45) is 0 Å². The summed E-state index contributed by atoms with van der Waals surface area (Å²) < 4.78 is 0. The maximum Gasteiger partial charge on any atom is 0.253 e. The Kier molecular flexibility index (Phi) is 5.77. The molecule has 0 N–H and O–H groups in total. The monoisotopic (exact) mass is 369 g/mol. The van der Waals surface area contributed by atoms with E-state index < -0.39 is 0 Å². The Morgan fingerprint density at radius 2 is 1.56 bits per heavy atom. The molecule has 146 valence electrons. The van der Waals surface area contributed by atoms with E-state index in [0.29, 0.717) is 31.1 Å². The van der Waals surface area contributed by atoms with Crippen LogP contribution in [0.25, 0.3) is 0 Å². The highest BCUT2D eigenvalue weighted by Gasteiger charge is 2.38. The normalized spacial score (nSPS) is 21.9. The van der Waals surface area contributed by atoms with Crippen molar-refractivity contribution in [2.45, 2.75) is 57.0 Å². The van der Waals surface area contributed by atoms with E-state index in [2.05, 4.69) is 9.80 Å². The molecular weight excluding hydrogens is 338 g/mol. The highest BCUT2D eigenvalue weighted by atomic mass is 16.2. The summed E-state index contributed by atoms with van der Waals surface area (Å²) in [5.41, 5.74) is 0.753. The first-order valence-electron chi connectivity index (χ1n) is 10.6. The van der Waals surface area contributed by atoms with Gasteiger partial charge in [0, 0.05) is 43.8 Å². The van der Waals surface area contributed by atoms with E-state index in [1.54, 1.807) is 0 Å². The summed E-state index contributed by atoms with van der Waals surface area (Å²) in [4.78, 5) is 32.1. The van der Waals surface area contributed by atoms with Crippen LogP contribution in [0, 0.1) is 0 Å². The molecule has 5 nitrogen and oxygen atoms in total. The zero-order valence-electron chi connectivity index (χ0n) is 16.2. The summed E-state index contributed by atoms with van der Waals surface area (Å²) >= 11 is 0. The van der Waals surface area contributed by atoms with Crippen LogP contribution in [-0.4, -0.2) is 71.3 Å². The van der Waals surface area contributed by atoms with Gasteiger partial charge in [0.1, 0.15) is 0 Å². The van der Waals surface area contributed by atoms with Gasteiger partial charge in [0.05, 0.1) is 6.54 Å². The fourth-order valence-electron chi connectivity index (χ4n) is 4.61. The van der Waals surface area contributed by atoms with Crippen molar-refractivity contribution in [3.05, 3.63) is 35.9 Å². The van der Waals surface area contributed by atoms with Crippen LogP contribution in [0.2, 0.25) is 0 Å². The number of amides is 2. The molecule has 5 heteroatoms. The average molecular weight is 370 g/mol. The third kappa shape index (κ3) is 4.52. The van der Waals surface area contributed by atoms with E-state index in [-0.39, 0.29) is 5.91 Å². The van der Waals surface area contributed by atoms with Gasteiger partial charge in [0.25, 0.3) is 5.91 Å². The van der Waals surface area contributed by atoms with Crippen LogP contribution in [0.15, 0.2) is 30.3 Å². The first-order valence-corrected chi connectivity index (χ1v) is 10.6. The number of carbonyl (C=O) groups excluding carboxylic acids is 2. The number of hydrogen-bond donors (Lipinski definition) is 0. The molecule has 1 saturated heterocycles. The van der Waals surface area contributed by atoms with Crippen LogP contribution in [-0.2, 0) is 4.79 Å². The standard InChI is InChI=1S/C22H31N3O2/c26-21(25(20-11-12-20)19-9-4-5-10-19)17-23-13-6-14-24(16-15-23)22(27)18-7-2-1-3-8-18/h1-3,7-8,19-20H,4-6,9-17H2. The predicted octanol–water partition coefficient (Wildman–Crippen LogP) is 2.77. The molecule has 2 amide bonds. The Hall–Kier alpha value is -1.88. The number of benzene rings is 1. The summed E-state index contributed by atoms with van der Waals surface area (Å²) in [5, 5.41) is 0. The number of nitrogens with zero attached hydrogens (tertiary/aromatic N) is 3. The maximum atomic E-state index is 13.0. The Bertz CT molecular complexity index is 653. The zero-order valence-corrected chi connectivity index (χ0v) is 16.2. The number of hydrogen-bond acceptors (Lipinski definition) is 3. The molecule has 0 bridgehead atoms. The van der Waals surface area contributed by atoms with E-state index in [1.165, 1.54) is 38.5 Å². The largest absolute Gasteiger partial charge is 0.337 e. The Balaban J connectivity index is 1.32. The molecule has 2 saturated carbocycles. The molecule has 3 fully saturated rings. The van der Waals surface area contributed by atoms with Crippen LogP contribution >= 0.6 is 0 Å². The van der Waals surface area contributed by atoms with Gasteiger partial charge in [0.2, 0.25) is 5.91 Å². The van der Waals surface area contributed by atoms with E-state index in [1.807, 2.05) is 35.2 Å². The summed E-state index contributed by atoms with van der Waals surface area (Å²) in [5.74, 6) is 0.418. The summed E-state index contributed by atoms with van der Waals surface area (Å²) in [6.07, 6.45) is 8.19. The lowest BCUT2D eigenvalue weighted by Crippen LogP contribution is -2.46. The van der Waals surface area contributed by atoms with Gasteiger partial charge in [-0.05, 0) is 44.2 Å². The minimum Gasteiger partial charge on any atom is -0.337 e. The second-order valence-electron chi connectivity index (χ2n) is 8.26. The summed E-state index contributed by atoms with van der Waals surface area (Å²) in [7, 11) is 0. The van der Waals surface area contributed by atoms with Crippen LogP contribution < -0.4 is 0 Å². The Labute approximate surface area is 162 Å². The highest BCUT2D eigenvalue weighted by Crippen LogP contribution is 2.34. The molecule has 0 unspecified atom stereocenters. The van der Waals surface area contributed by atoms with Gasteiger partial charge < -0.3 is 9.80 Å². The van der Waals surface area contributed by atoms with Crippen molar-refractivity contribution in [3.63, 3.8) is 0 Å². The van der Waals surface area contributed by atoms with Crippen molar-refractivity contribution in [3.8, 4) is 0 Å². The quantitative estimate of drug-likeness (QED) is 0.802. The highest BCUT2D eigenvalue weighted by molar-refractivity contribution is 5.94. The molecule has 27 heavy (non-hydrogen) atoms. The minimum atomic E-state index is 0.106. The molecule has 0 radical (unpaired) electrons. The Morgan fingerprint density at radius 3 is 2.26 bits per heavy atom. The summed E-state index contributed by atoms with van der Waals surface area (Å²) in [6, 6.07) is 10.5. The number of carbonyl (C=O) groups is 2. The molecule has 4 rings (SSSR count). The first kappa shape index (κ1) is 18.5. The van der Waals surface area contributed by atoms with Crippen LogP contribution in [0.1, 0.15) is 55.3 Å². The van der Waals surface area contributed by atoms with Crippen molar-refractivity contribution in [1.82, 2.24) is 14.7 Å². The lowest BCUT2D eigenvalue weighted by molar-refractivity contribution is -0.135. The van der Waals surface area contributed by atoms with Crippen molar-refractivity contribution >= 4 is 11.8 Å². The third-order valence-corrected chi connectivity index (χ3v) is 6.20. The van der Waals surface area contributed by atoms with E-state index in [9.17, 15) is 9.59 Å². The molecule has 3 aliphatic rings. The molecule has 2 aliphatic carbocycles. The average Bonchev–Trinajstić information content (AvgIpc) is 3.42. The maximum absolute atomic E-state index is 13.0. The zero-order chi connectivity index (χ0) is 18.6. The molecule has 1 aromatic carbocycles. The van der Waals surface area contributed by atoms with Gasteiger partial charge in [-0.25, -0.2) is 0 Å². The van der Waals surface area contributed by atoms with Crippen molar-refractivity contribution in [1.29, 1.82) is 0 Å². The third-order valence-electron chi connectivity index (χ3n) is 6.20. The predicted molar refractivity (Wildman–Crippen MR) is 106 cm³/mol. The minimum absolute atomic E-state index is 0.106. The van der Waals surface area contributed by atoms with Gasteiger partial charge in [-0.1, -0.05) is 31.0 Å². The second-order valence-corrected chi connectivity index (χ2v) is 8.26. The smallest absolute Gasteiger partial charge is 0.253 e. The molecule has 1 aliphatic heterocycles. The molecular formula is C22H31N3O2. The fourth-order valence-corrected chi connectivity index (χ4v) is 4.61. The first-order chi connectivity index (χ1) is 13.2. The Morgan fingerprint density at radius 1 is 0.852 bits per heavy atom. The van der Waals surface area contributed by atoms with E-state index in [4.69, 9.17) is 0 Å². The molecule has 1 heterocycles. The molecule has 0 spiro atoms. The SMILES string of the molecule is O=C(c1ccccc1)N1CCCN(CC(=O)N(C2CCCC2)C2CC2)CC1. The molecule has 1 aromatic rings. The van der Waals surface area contributed by atoms with Crippen LogP contribution in [0.3, 0.4) is 0 Å². The topological polar surface area (TPSA) is 43.9 Å². The van der Waals surface area contributed by atoms with Gasteiger partial charge in [-0.2, -0.15) is 0 Å². The lowest BCUT2D eigenvalue weighted by atomic mass is 10.2. The van der Waals surface area contributed by atoms with Crippen molar-refractivity contribution in [2.75, 3.05) is 32.7 Å². The molecule has 0 aromatic heterocycles. The van der Waals surface area contributed by atoms with Crippen LogP contribution in [0.4, 0.5) is 0 Å². The van der Waals surface area contributed by atoms with Gasteiger partial charge in [-0.3, -0.25) is 14.5 Å². The van der Waals surface area contributed by atoms with Crippen molar-refractivity contribution < 1.29 is 9.59 Å². The van der Waals surface area contributed by atoms with Gasteiger partial charge in [-0.15, -0.1) is 0 Å². The van der Waals surface area contributed by atoms with E-state index in [0.717, 1.165) is 31.6 Å². The van der Waals surface area contributed by atoms with Crippen LogP contribution in [0.5, 0.6) is 0 Å².